The van der Waals surface area contributed by atoms with Gasteiger partial charge in [0.2, 0.25) is 0 Å². The highest BCUT2D eigenvalue weighted by Crippen LogP contribution is 2.27. The Labute approximate surface area is 113 Å². The van der Waals surface area contributed by atoms with Crippen LogP contribution in [0.3, 0.4) is 0 Å². The summed E-state index contributed by atoms with van der Waals surface area (Å²) in [4.78, 5) is 0. The smallest absolute Gasteiger partial charge is 0.0348 e. The highest BCUT2D eigenvalue weighted by atomic mass is 14.9. The quantitative estimate of drug-likeness (QED) is 0.696. The highest BCUT2D eigenvalue weighted by Gasteiger charge is 2.20. The minimum absolute atomic E-state index is 0.509. The van der Waals surface area contributed by atoms with Crippen LogP contribution in [0.5, 0.6) is 0 Å². The van der Waals surface area contributed by atoms with Crippen LogP contribution in [0.25, 0.3) is 0 Å². The first-order valence-electron chi connectivity index (χ1n) is 7.51. The monoisotopic (exact) mass is 247 g/mol. The second-order valence-electron chi connectivity index (χ2n) is 5.39. The van der Waals surface area contributed by atoms with Gasteiger partial charge in [-0.25, -0.2) is 0 Å². The third kappa shape index (κ3) is 4.45. The lowest BCUT2D eigenvalue weighted by Gasteiger charge is -2.28. The zero-order valence-corrected chi connectivity index (χ0v) is 12.4. The van der Waals surface area contributed by atoms with E-state index in [1.54, 1.807) is 0 Å². The van der Waals surface area contributed by atoms with E-state index in [-0.39, 0.29) is 0 Å². The summed E-state index contributed by atoms with van der Waals surface area (Å²) in [6.45, 7) is 10.3. The molecule has 18 heavy (non-hydrogen) atoms. The van der Waals surface area contributed by atoms with Gasteiger partial charge in [-0.05, 0) is 23.9 Å². The van der Waals surface area contributed by atoms with Gasteiger partial charge in [0.1, 0.15) is 0 Å². The molecule has 1 N–H and O–H groups in total. The lowest BCUT2D eigenvalue weighted by Crippen LogP contribution is -2.31. The molecule has 1 aromatic carbocycles. The number of hydrogen-bond acceptors (Lipinski definition) is 1. The number of rotatable bonds is 8. The van der Waals surface area contributed by atoms with E-state index < -0.39 is 0 Å². The average Bonchev–Trinajstić information content (AvgIpc) is 2.44. The number of hydrogen-bond donors (Lipinski definition) is 1. The average molecular weight is 247 g/mol. The van der Waals surface area contributed by atoms with Crippen LogP contribution in [0, 0.1) is 11.8 Å². The molecule has 0 fully saturated rings. The largest absolute Gasteiger partial charge is 0.309 e. The van der Waals surface area contributed by atoms with Crippen molar-refractivity contribution in [2.24, 2.45) is 11.8 Å². The van der Waals surface area contributed by atoms with Crippen molar-refractivity contribution in [3.8, 4) is 0 Å². The van der Waals surface area contributed by atoms with E-state index in [9.17, 15) is 0 Å². The fourth-order valence-corrected chi connectivity index (χ4v) is 2.45. The first-order valence-corrected chi connectivity index (χ1v) is 7.51. The Balaban J connectivity index is 2.75. The second-order valence-corrected chi connectivity index (χ2v) is 5.39. The summed E-state index contributed by atoms with van der Waals surface area (Å²) in [6, 6.07) is 11.4. The lowest BCUT2D eigenvalue weighted by molar-refractivity contribution is 0.322. The molecule has 0 saturated heterocycles. The zero-order valence-electron chi connectivity index (χ0n) is 12.4. The van der Waals surface area contributed by atoms with Crippen molar-refractivity contribution in [2.75, 3.05) is 6.54 Å². The molecule has 2 atom stereocenters. The van der Waals surface area contributed by atoms with Gasteiger partial charge in [-0.1, -0.05) is 77.3 Å². The molecule has 1 aromatic rings. The maximum atomic E-state index is 3.79. The molecule has 0 aromatic heterocycles. The normalized spacial score (nSPS) is 14.7. The molecular weight excluding hydrogens is 218 g/mol. The van der Waals surface area contributed by atoms with E-state index in [0.717, 1.165) is 18.4 Å². The van der Waals surface area contributed by atoms with Gasteiger partial charge in [-0.15, -0.1) is 0 Å². The van der Waals surface area contributed by atoms with Crippen molar-refractivity contribution in [3.05, 3.63) is 35.9 Å². The van der Waals surface area contributed by atoms with Gasteiger partial charge >= 0.3 is 0 Å². The summed E-state index contributed by atoms with van der Waals surface area (Å²) in [5.41, 5.74) is 1.44. The molecule has 0 radical (unpaired) electrons. The molecule has 1 nitrogen and oxygen atoms in total. The Kier molecular flexibility index (Phi) is 7.04. The molecule has 1 heteroatoms. The Morgan fingerprint density at radius 3 is 2.06 bits per heavy atom. The van der Waals surface area contributed by atoms with Crippen LogP contribution in [0.15, 0.2) is 30.3 Å². The number of nitrogens with one attached hydrogen (secondary N) is 1. The predicted octanol–water partition coefficient (Wildman–Crippen LogP) is 4.80. The van der Waals surface area contributed by atoms with Gasteiger partial charge in [-0.2, -0.15) is 0 Å². The maximum Gasteiger partial charge on any atom is 0.0348 e. The summed E-state index contributed by atoms with van der Waals surface area (Å²) < 4.78 is 0. The molecule has 0 spiro atoms. The molecule has 0 saturated carbocycles. The molecule has 102 valence electrons. The van der Waals surface area contributed by atoms with Crippen LogP contribution in [-0.2, 0) is 0 Å². The van der Waals surface area contributed by atoms with Gasteiger partial charge in [0.15, 0.2) is 0 Å². The molecule has 0 amide bonds. The minimum atomic E-state index is 0.509. The molecule has 0 aliphatic heterocycles. The first-order chi connectivity index (χ1) is 8.72. The highest BCUT2D eigenvalue weighted by molar-refractivity contribution is 5.19. The molecule has 0 aliphatic rings. The van der Waals surface area contributed by atoms with Crippen molar-refractivity contribution in [2.45, 2.75) is 53.0 Å². The maximum absolute atomic E-state index is 3.79. The molecular formula is C17H29N. The Morgan fingerprint density at radius 1 is 0.944 bits per heavy atom. The van der Waals surface area contributed by atoms with Crippen molar-refractivity contribution in [1.82, 2.24) is 5.32 Å². The summed E-state index contributed by atoms with van der Waals surface area (Å²) >= 11 is 0. The van der Waals surface area contributed by atoms with Crippen molar-refractivity contribution >= 4 is 0 Å². The fourth-order valence-electron chi connectivity index (χ4n) is 2.45. The molecule has 2 unspecified atom stereocenters. The number of benzene rings is 1. The Bertz CT molecular complexity index is 303. The molecule has 0 aliphatic carbocycles. The standard InChI is InChI=1S/C17H29N/c1-5-14(4)13-18-17(15(6-2)7-3)16-11-9-8-10-12-16/h8-12,14-15,17-18H,5-7,13H2,1-4H3. The van der Waals surface area contributed by atoms with E-state index >= 15 is 0 Å². The Morgan fingerprint density at radius 2 is 1.56 bits per heavy atom. The third-order valence-electron chi connectivity index (χ3n) is 4.06. The third-order valence-corrected chi connectivity index (χ3v) is 4.06. The van der Waals surface area contributed by atoms with Gasteiger partial charge in [0.05, 0.1) is 0 Å². The molecule has 0 bridgehead atoms. The SMILES string of the molecule is CCC(C)CNC(c1ccccc1)C(CC)CC. The van der Waals surface area contributed by atoms with Crippen molar-refractivity contribution < 1.29 is 0 Å². The van der Waals surface area contributed by atoms with Crippen LogP contribution in [-0.4, -0.2) is 6.54 Å². The predicted molar refractivity (Wildman–Crippen MR) is 80.7 cm³/mol. The van der Waals surface area contributed by atoms with Crippen molar-refractivity contribution in [3.63, 3.8) is 0 Å². The van der Waals surface area contributed by atoms with Gasteiger partial charge in [0, 0.05) is 6.04 Å². The zero-order chi connectivity index (χ0) is 13.4. The summed E-state index contributed by atoms with van der Waals surface area (Å²) in [7, 11) is 0. The van der Waals surface area contributed by atoms with Gasteiger partial charge < -0.3 is 5.32 Å². The van der Waals surface area contributed by atoms with E-state index in [2.05, 4.69) is 63.3 Å². The van der Waals surface area contributed by atoms with Crippen LogP contribution in [0.2, 0.25) is 0 Å². The topological polar surface area (TPSA) is 12.0 Å². The van der Waals surface area contributed by atoms with Crippen LogP contribution in [0.4, 0.5) is 0 Å². The van der Waals surface area contributed by atoms with Crippen LogP contribution < -0.4 is 5.32 Å². The Hall–Kier alpha value is -0.820. The molecule has 0 heterocycles. The lowest BCUT2D eigenvalue weighted by atomic mass is 9.88. The van der Waals surface area contributed by atoms with E-state index in [0.29, 0.717) is 6.04 Å². The van der Waals surface area contributed by atoms with Gasteiger partial charge in [-0.3, -0.25) is 0 Å². The van der Waals surface area contributed by atoms with E-state index in [4.69, 9.17) is 0 Å². The van der Waals surface area contributed by atoms with Gasteiger partial charge in [0.25, 0.3) is 0 Å². The van der Waals surface area contributed by atoms with Crippen LogP contribution >= 0.6 is 0 Å². The minimum Gasteiger partial charge on any atom is -0.309 e. The second kappa shape index (κ2) is 8.31. The summed E-state index contributed by atoms with van der Waals surface area (Å²) in [5.74, 6) is 1.49. The van der Waals surface area contributed by atoms with Crippen molar-refractivity contribution in [1.29, 1.82) is 0 Å². The summed E-state index contributed by atoms with van der Waals surface area (Å²) in [6.07, 6.45) is 3.73. The fraction of sp³-hybridized carbons (Fsp3) is 0.647. The molecule has 1 rings (SSSR count). The van der Waals surface area contributed by atoms with Crippen LogP contribution in [0.1, 0.15) is 58.6 Å². The van der Waals surface area contributed by atoms with E-state index in [1.807, 2.05) is 0 Å². The first kappa shape index (κ1) is 15.2. The summed E-state index contributed by atoms with van der Waals surface area (Å²) in [5, 5.41) is 3.79. The van der Waals surface area contributed by atoms with E-state index in [1.165, 1.54) is 24.8 Å².